The van der Waals surface area contributed by atoms with Gasteiger partial charge in [0, 0.05) is 24.8 Å². The first-order valence-electron chi connectivity index (χ1n) is 10.5. The molecule has 1 N–H and O–H groups in total. The molecule has 0 bridgehead atoms. The monoisotopic (exact) mass is 384 g/mol. The van der Waals surface area contributed by atoms with Gasteiger partial charge in [0.05, 0.1) is 6.42 Å². The molecule has 3 aromatic rings. The predicted octanol–water partition coefficient (Wildman–Crippen LogP) is 4.85. The zero-order valence-electron chi connectivity index (χ0n) is 17.0. The van der Waals surface area contributed by atoms with E-state index in [-0.39, 0.29) is 5.91 Å². The fraction of sp³-hybridized carbons (Fsp3) is 0.269. The van der Waals surface area contributed by atoms with Crippen LogP contribution in [0.3, 0.4) is 0 Å². The molecule has 0 saturated heterocycles. The number of para-hydroxylation sites is 1. The van der Waals surface area contributed by atoms with Crippen LogP contribution in [0.1, 0.15) is 24.5 Å². The predicted molar refractivity (Wildman–Crippen MR) is 120 cm³/mol. The lowest BCUT2D eigenvalue weighted by molar-refractivity contribution is -0.120. The Labute approximate surface area is 173 Å². The molecule has 4 rings (SSSR count). The number of nitrogens with one attached hydrogen (secondary N) is 1. The number of rotatable bonds is 7. The summed E-state index contributed by atoms with van der Waals surface area (Å²) in [6, 6.07) is 27.7. The van der Waals surface area contributed by atoms with Gasteiger partial charge in [-0.2, -0.15) is 0 Å². The number of fused-ring (bicyclic) bond motifs is 1. The molecule has 1 amide bonds. The molecule has 1 aliphatic rings. The maximum absolute atomic E-state index is 12.3. The van der Waals surface area contributed by atoms with E-state index in [1.165, 1.54) is 22.4 Å². The van der Waals surface area contributed by atoms with Crippen LogP contribution < -0.4 is 10.2 Å². The summed E-state index contributed by atoms with van der Waals surface area (Å²) in [6.07, 6.45) is 2.50. The number of carbonyl (C=O) groups is 1. The maximum Gasteiger partial charge on any atom is 0.224 e. The highest BCUT2D eigenvalue weighted by atomic mass is 16.1. The molecule has 0 fully saturated rings. The third-order valence-electron chi connectivity index (χ3n) is 5.67. The molecule has 0 unspecified atom stereocenters. The first-order chi connectivity index (χ1) is 14.2. The number of anilines is 1. The van der Waals surface area contributed by atoms with Gasteiger partial charge in [0.25, 0.3) is 0 Å². The number of benzene rings is 3. The van der Waals surface area contributed by atoms with E-state index in [0.29, 0.717) is 19.0 Å². The normalized spacial score (nSPS) is 15.2. The van der Waals surface area contributed by atoms with E-state index in [4.69, 9.17) is 0 Å². The van der Waals surface area contributed by atoms with Crippen molar-refractivity contribution in [3.05, 3.63) is 90.0 Å². The van der Waals surface area contributed by atoms with Crippen molar-refractivity contribution in [2.75, 3.05) is 18.0 Å². The van der Waals surface area contributed by atoms with Gasteiger partial charge in [0.15, 0.2) is 0 Å². The van der Waals surface area contributed by atoms with Crippen LogP contribution in [-0.2, 0) is 17.6 Å². The Morgan fingerprint density at radius 2 is 1.62 bits per heavy atom. The van der Waals surface area contributed by atoms with Crippen molar-refractivity contribution in [1.29, 1.82) is 0 Å². The summed E-state index contributed by atoms with van der Waals surface area (Å²) in [5.74, 6) is 0.0901. The van der Waals surface area contributed by atoms with Gasteiger partial charge in [-0.1, -0.05) is 72.8 Å². The number of hydrogen-bond donors (Lipinski definition) is 1. The molecule has 148 valence electrons. The smallest absolute Gasteiger partial charge is 0.224 e. The summed E-state index contributed by atoms with van der Waals surface area (Å²) in [6.45, 7) is 3.97. The Balaban J connectivity index is 1.23. The topological polar surface area (TPSA) is 32.3 Å². The van der Waals surface area contributed by atoms with Crippen molar-refractivity contribution in [2.45, 2.75) is 32.2 Å². The van der Waals surface area contributed by atoms with Gasteiger partial charge < -0.3 is 10.2 Å². The van der Waals surface area contributed by atoms with Gasteiger partial charge in [-0.15, -0.1) is 0 Å². The number of nitrogens with zero attached hydrogens (tertiary/aromatic N) is 1. The van der Waals surface area contributed by atoms with Crippen LogP contribution in [0.2, 0.25) is 0 Å². The number of hydrogen-bond acceptors (Lipinski definition) is 2. The van der Waals surface area contributed by atoms with E-state index in [0.717, 1.165) is 24.9 Å². The number of amides is 1. The summed E-state index contributed by atoms with van der Waals surface area (Å²) in [5.41, 5.74) is 6.20. The highest BCUT2D eigenvalue weighted by Gasteiger charge is 2.24. The fourth-order valence-corrected chi connectivity index (χ4v) is 4.14. The summed E-state index contributed by atoms with van der Waals surface area (Å²) < 4.78 is 0. The van der Waals surface area contributed by atoms with Crippen LogP contribution >= 0.6 is 0 Å². The Hall–Kier alpha value is -3.07. The van der Waals surface area contributed by atoms with Gasteiger partial charge in [0.2, 0.25) is 5.91 Å². The zero-order chi connectivity index (χ0) is 20.1. The summed E-state index contributed by atoms with van der Waals surface area (Å²) in [4.78, 5) is 14.8. The molecular weight excluding hydrogens is 356 g/mol. The van der Waals surface area contributed by atoms with E-state index >= 15 is 0 Å². The van der Waals surface area contributed by atoms with Crippen LogP contribution in [0.25, 0.3) is 11.1 Å². The lowest BCUT2D eigenvalue weighted by Gasteiger charge is -2.24. The SMILES string of the molecule is C[C@@H]1Cc2ccccc2N1CCCNC(=O)Cc1ccc(-c2ccccc2)cc1. The minimum atomic E-state index is 0.0901. The van der Waals surface area contributed by atoms with Crippen LogP contribution in [0.4, 0.5) is 5.69 Å². The molecule has 0 aliphatic carbocycles. The van der Waals surface area contributed by atoms with Crippen molar-refractivity contribution in [2.24, 2.45) is 0 Å². The van der Waals surface area contributed by atoms with Crippen molar-refractivity contribution in [3.63, 3.8) is 0 Å². The summed E-state index contributed by atoms with van der Waals surface area (Å²) in [7, 11) is 0. The third-order valence-corrected chi connectivity index (χ3v) is 5.67. The van der Waals surface area contributed by atoms with Gasteiger partial charge >= 0.3 is 0 Å². The minimum Gasteiger partial charge on any atom is -0.368 e. The highest BCUT2D eigenvalue weighted by Crippen LogP contribution is 2.31. The molecule has 0 saturated carbocycles. The van der Waals surface area contributed by atoms with Gasteiger partial charge in [-0.3, -0.25) is 4.79 Å². The Kier molecular flexibility index (Phi) is 5.95. The second-order valence-electron chi connectivity index (χ2n) is 7.82. The van der Waals surface area contributed by atoms with Gasteiger partial charge in [0.1, 0.15) is 0 Å². The molecule has 0 radical (unpaired) electrons. The van der Waals surface area contributed by atoms with Gasteiger partial charge in [-0.05, 0) is 48.1 Å². The standard InChI is InChI=1S/C26H28N2O/c1-20-18-24-10-5-6-11-25(24)28(20)17-7-16-27-26(29)19-21-12-14-23(15-13-21)22-8-3-2-4-9-22/h2-6,8-15,20H,7,16-19H2,1H3,(H,27,29)/t20-/m1/s1. The highest BCUT2D eigenvalue weighted by molar-refractivity contribution is 5.78. The molecule has 29 heavy (non-hydrogen) atoms. The largest absolute Gasteiger partial charge is 0.368 e. The van der Waals surface area contributed by atoms with Crippen molar-refractivity contribution >= 4 is 11.6 Å². The summed E-state index contributed by atoms with van der Waals surface area (Å²) >= 11 is 0. The van der Waals surface area contributed by atoms with Crippen molar-refractivity contribution in [1.82, 2.24) is 5.32 Å². The fourth-order valence-electron chi connectivity index (χ4n) is 4.14. The average Bonchev–Trinajstić information content (AvgIpc) is 3.07. The molecule has 3 aromatic carbocycles. The van der Waals surface area contributed by atoms with E-state index in [9.17, 15) is 4.79 Å². The lowest BCUT2D eigenvalue weighted by atomic mass is 10.0. The summed E-state index contributed by atoms with van der Waals surface area (Å²) in [5, 5.41) is 3.07. The first kappa shape index (κ1) is 19.3. The molecule has 3 nitrogen and oxygen atoms in total. The van der Waals surface area contributed by atoms with Crippen LogP contribution in [0.5, 0.6) is 0 Å². The Morgan fingerprint density at radius 3 is 2.41 bits per heavy atom. The van der Waals surface area contributed by atoms with Crippen LogP contribution in [0, 0.1) is 0 Å². The van der Waals surface area contributed by atoms with Crippen LogP contribution in [-0.4, -0.2) is 25.0 Å². The second kappa shape index (κ2) is 8.95. The van der Waals surface area contributed by atoms with E-state index in [1.807, 2.05) is 30.3 Å². The molecule has 1 atom stereocenters. The molecule has 1 aliphatic heterocycles. The molecular formula is C26H28N2O. The molecule has 0 spiro atoms. The molecule has 3 heteroatoms. The van der Waals surface area contributed by atoms with E-state index in [2.05, 4.69) is 65.7 Å². The first-order valence-corrected chi connectivity index (χ1v) is 10.5. The Bertz CT molecular complexity index is 950. The van der Waals surface area contributed by atoms with Crippen molar-refractivity contribution in [3.8, 4) is 11.1 Å². The minimum absolute atomic E-state index is 0.0901. The van der Waals surface area contributed by atoms with E-state index < -0.39 is 0 Å². The molecule has 1 heterocycles. The van der Waals surface area contributed by atoms with Crippen LogP contribution in [0.15, 0.2) is 78.9 Å². The molecule has 0 aromatic heterocycles. The maximum atomic E-state index is 12.3. The quantitative estimate of drug-likeness (QED) is 0.591. The van der Waals surface area contributed by atoms with E-state index in [1.54, 1.807) is 0 Å². The second-order valence-corrected chi connectivity index (χ2v) is 7.82. The lowest BCUT2D eigenvalue weighted by Crippen LogP contribution is -2.33. The Morgan fingerprint density at radius 1 is 0.931 bits per heavy atom. The van der Waals surface area contributed by atoms with Gasteiger partial charge in [-0.25, -0.2) is 0 Å². The van der Waals surface area contributed by atoms with Crippen molar-refractivity contribution < 1.29 is 4.79 Å². The average molecular weight is 385 g/mol. The number of carbonyl (C=O) groups excluding carboxylic acids is 1. The zero-order valence-corrected chi connectivity index (χ0v) is 17.0. The third kappa shape index (κ3) is 4.68.